The topological polar surface area (TPSA) is 342 Å². The molecule has 2 heterocycles. The van der Waals surface area contributed by atoms with Gasteiger partial charge in [-0.3, -0.25) is 18.2 Å². The van der Waals surface area contributed by atoms with Gasteiger partial charge in [-0.1, -0.05) is 0 Å². The molecule has 0 aliphatic carbocycles. The fourth-order valence-electron chi connectivity index (χ4n) is 4.92. The van der Waals surface area contributed by atoms with Gasteiger partial charge >= 0.3 is 0 Å². The summed E-state index contributed by atoms with van der Waals surface area (Å²) in [4.78, 5) is 12.2. The fraction of sp³-hybridized carbons (Fsp3) is 0.129. The highest BCUT2D eigenvalue weighted by Crippen LogP contribution is 2.29. The molecular formula is C31H28N10O13S4. The molecule has 6 N–H and O–H groups in total. The van der Waals surface area contributed by atoms with Gasteiger partial charge in [-0.05, 0) is 84.9 Å². The van der Waals surface area contributed by atoms with E-state index in [9.17, 15) is 51.9 Å². The summed E-state index contributed by atoms with van der Waals surface area (Å²) < 4.78 is 136. The third-order valence-corrected chi connectivity index (χ3v) is 11.0. The van der Waals surface area contributed by atoms with E-state index in [-0.39, 0.29) is 34.6 Å². The molecule has 27 heteroatoms. The molecule has 58 heavy (non-hydrogen) atoms. The first-order chi connectivity index (χ1) is 27.2. The van der Waals surface area contributed by atoms with Crippen LogP contribution in [0.3, 0.4) is 0 Å². The van der Waals surface area contributed by atoms with Gasteiger partial charge in [0.25, 0.3) is 40.5 Å². The summed E-state index contributed by atoms with van der Waals surface area (Å²) in [5.74, 6) is 0.594. The van der Waals surface area contributed by atoms with Crippen LogP contribution >= 0.6 is 0 Å². The molecule has 6 rings (SSSR count). The summed E-state index contributed by atoms with van der Waals surface area (Å²) in [5.41, 5.74) is 0.913. The third kappa shape index (κ3) is 11.1. The Hall–Kier alpha value is -5.91. The van der Waals surface area contributed by atoms with Crippen LogP contribution in [0.2, 0.25) is 0 Å². The lowest BCUT2D eigenvalue weighted by molar-refractivity contribution is 0.122. The summed E-state index contributed by atoms with van der Waals surface area (Å²) in [6, 6.07) is 17.0. The van der Waals surface area contributed by atoms with Gasteiger partial charge in [0.05, 0.1) is 55.5 Å². The number of rotatable bonds is 13. The minimum Gasteiger partial charge on any atom is -0.378 e. The zero-order valence-electron chi connectivity index (χ0n) is 29.1. The van der Waals surface area contributed by atoms with Gasteiger partial charge in [0.1, 0.15) is 0 Å². The maximum Gasteiger partial charge on any atom is 0.294 e. The van der Waals surface area contributed by atoms with Gasteiger partial charge < -0.3 is 20.3 Å². The second kappa shape index (κ2) is 16.5. The van der Waals surface area contributed by atoms with Crippen molar-refractivity contribution in [2.75, 3.05) is 41.8 Å². The van der Waals surface area contributed by atoms with Crippen LogP contribution in [0.1, 0.15) is 0 Å². The maximum atomic E-state index is 11.6. The average Bonchev–Trinajstić information content (AvgIpc) is 3.16. The van der Waals surface area contributed by atoms with Crippen molar-refractivity contribution < 1.29 is 56.6 Å². The normalized spacial score (nSPS) is 14.2. The van der Waals surface area contributed by atoms with Crippen molar-refractivity contribution in [3.8, 4) is 0 Å². The number of ether oxygens (including phenoxy) is 1. The van der Waals surface area contributed by atoms with Gasteiger partial charge in [-0.2, -0.15) is 69.1 Å². The van der Waals surface area contributed by atoms with Crippen LogP contribution in [0.4, 0.5) is 52.0 Å². The predicted molar refractivity (Wildman–Crippen MR) is 203 cm³/mol. The second-order valence-corrected chi connectivity index (χ2v) is 17.5. The van der Waals surface area contributed by atoms with Crippen LogP contribution in [0.25, 0.3) is 0 Å². The Bertz CT molecular complexity index is 2590. The number of hydrogen-bond acceptors (Lipinski definition) is 19. The maximum absolute atomic E-state index is 11.6. The molecule has 0 bridgehead atoms. The number of hydrogen-bond donors (Lipinski definition) is 6. The summed E-state index contributed by atoms with van der Waals surface area (Å²) in [6.45, 7) is 1.88. The molecule has 0 saturated carbocycles. The van der Waals surface area contributed by atoms with E-state index in [1.54, 1.807) is 24.3 Å². The number of morpholine rings is 1. The molecular weight excluding hydrogens is 849 g/mol. The first-order valence-electron chi connectivity index (χ1n) is 16.1. The largest absolute Gasteiger partial charge is 0.378 e. The van der Waals surface area contributed by atoms with E-state index in [0.717, 1.165) is 24.3 Å². The van der Waals surface area contributed by atoms with Crippen molar-refractivity contribution in [3.05, 3.63) is 84.9 Å². The molecule has 4 aromatic carbocycles. The van der Waals surface area contributed by atoms with Gasteiger partial charge in [0.15, 0.2) is 0 Å². The zero-order chi connectivity index (χ0) is 41.9. The van der Waals surface area contributed by atoms with E-state index in [0.29, 0.717) is 55.8 Å². The van der Waals surface area contributed by atoms with Crippen molar-refractivity contribution >= 4 is 92.4 Å². The number of nitrogens with zero attached hydrogens (tertiary/aromatic N) is 8. The van der Waals surface area contributed by atoms with E-state index >= 15 is 0 Å². The summed E-state index contributed by atoms with van der Waals surface area (Å²) in [7, 11) is -19.4. The summed E-state index contributed by atoms with van der Waals surface area (Å²) in [6.07, 6.45) is 0. The molecule has 5 aromatic rings. The van der Waals surface area contributed by atoms with Crippen molar-refractivity contribution in [1.82, 2.24) is 15.0 Å². The molecule has 0 spiro atoms. The van der Waals surface area contributed by atoms with Gasteiger partial charge in [-0.15, -0.1) is 0 Å². The minimum absolute atomic E-state index is 0.134. The standard InChI is InChI=1S/C31H28N10O13S4/c42-55(43,44)25-13-23(14-26(17-25)56(45,46)47)39-37-21-5-1-19(2-6-21)32-29-34-30(36-31(35-29)41-9-11-54-12-10-41)33-20-3-7-22(8-4-20)38-40-24-15-27(57(48,49)50)18-28(16-24)58(51,52)53/h1-8,13-18H,9-12H2,(H,42,43,44)(H,45,46,47)(H,48,49,50)(H,51,52,53)(H2,32,33,34,35,36). The number of azo groups is 2. The third-order valence-electron chi connectivity index (χ3n) is 7.65. The lowest BCUT2D eigenvalue weighted by atomic mass is 10.3. The molecule has 0 unspecified atom stereocenters. The predicted octanol–water partition coefficient (Wildman–Crippen LogP) is 5.01. The molecule has 0 radical (unpaired) electrons. The van der Waals surface area contributed by atoms with E-state index in [2.05, 4.69) is 46.0 Å². The molecule has 1 aliphatic heterocycles. The summed E-state index contributed by atoms with van der Waals surface area (Å²) in [5, 5.41) is 21.7. The number of nitrogens with one attached hydrogen (secondary N) is 2. The number of benzene rings is 4. The van der Waals surface area contributed by atoms with E-state index < -0.39 is 60.1 Å². The highest BCUT2D eigenvalue weighted by Gasteiger charge is 2.21. The fourth-order valence-corrected chi connectivity index (χ4v) is 7.25. The van der Waals surface area contributed by atoms with Crippen LogP contribution in [0.15, 0.2) is 125 Å². The molecule has 304 valence electrons. The molecule has 1 aromatic heterocycles. The molecule has 1 aliphatic rings. The SMILES string of the molecule is O=S(=O)(O)c1cc(N=Nc2ccc(Nc3nc(Nc4ccc(N=Nc5cc(S(=O)(=O)O)cc(S(=O)(=O)O)c5)cc4)nc(N4CCOCC4)n3)cc2)cc(S(=O)(=O)O)c1. The molecule has 1 saturated heterocycles. The van der Waals surface area contributed by atoms with Crippen LogP contribution in [0, 0.1) is 0 Å². The zero-order valence-corrected chi connectivity index (χ0v) is 32.4. The lowest BCUT2D eigenvalue weighted by Crippen LogP contribution is -2.37. The quantitative estimate of drug-likeness (QED) is 0.0668. The van der Waals surface area contributed by atoms with Crippen molar-refractivity contribution in [2.45, 2.75) is 19.6 Å². The van der Waals surface area contributed by atoms with Crippen LogP contribution in [-0.2, 0) is 45.2 Å². The number of anilines is 5. The molecule has 0 amide bonds. The van der Waals surface area contributed by atoms with Crippen LogP contribution in [0.5, 0.6) is 0 Å². The van der Waals surface area contributed by atoms with Crippen molar-refractivity contribution in [1.29, 1.82) is 0 Å². The Morgan fingerprint density at radius 3 is 1.14 bits per heavy atom. The second-order valence-electron chi connectivity index (χ2n) is 11.9. The Morgan fingerprint density at radius 2 is 0.810 bits per heavy atom. The minimum atomic E-state index is -4.84. The Labute approximate surface area is 329 Å². The van der Waals surface area contributed by atoms with Gasteiger partial charge in [0, 0.05) is 24.5 Å². The molecule has 1 fully saturated rings. The van der Waals surface area contributed by atoms with Crippen molar-refractivity contribution in [2.24, 2.45) is 20.5 Å². The first-order valence-corrected chi connectivity index (χ1v) is 21.8. The monoisotopic (exact) mass is 876 g/mol. The van der Waals surface area contributed by atoms with E-state index in [4.69, 9.17) is 4.74 Å². The Morgan fingerprint density at radius 1 is 0.483 bits per heavy atom. The average molecular weight is 877 g/mol. The first kappa shape index (κ1) is 41.7. The highest BCUT2D eigenvalue weighted by molar-refractivity contribution is 7.87. The van der Waals surface area contributed by atoms with Gasteiger partial charge in [0.2, 0.25) is 17.8 Å². The van der Waals surface area contributed by atoms with Gasteiger partial charge in [-0.25, -0.2) is 0 Å². The Balaban J connectivity index is 1.20. The summed E-state index contributed by atoms with van der Waals surface area (Å²) >= 11 is 0. The van der Waals surface area contributed by atoms with E-state index in [1.165, 1.54) is 24.3 Å². The van der Waals surface area contributed by atoms with Crippen molar-refractivity contribution in [3.63, 3.8) is 0 Å². The molecule has 0 atom stereocenters. The van der Waals surface area contributed by atoms with Crippen LogP contribution in [-0.4, -0.2) is 93.1 Å². The van der Waals surface area contributed by atoms with Crippen LogP contribution < -0.4 is 15.5 Å². The highest BCUT2D eigenvalue weighted by atomic mass is 32.2. The van der Waals surface area contributed by atoms with E-state index in [1.807, 2.05) is 4.90 Å². The molecule has 23 nitrogen and oxygen atoms in total. The number of aromatic nitrogens is 3. The lowest BCUT2D eigenvalue weighted by Gasteiger charge is -2.27. The smallest absolute Gasteiger partial charge is 0.294 e. The Kier molecular flexibility index (Phi) is 11.9.